The Labute approximate surface area is 73.1 Å². The molecular formula is C10H15NO. The van der Waals surface area contributed by atoms with Crippen molar-refractivity contribution in [3.8, 4) is 0 Å². The minimum atomic E-state index is -0.213. The van der Waals surface area contributed by atoms with Crippen LogP contribution in [-0.2, 0) is 4.79 Å². The molecule has 1 aliphatic carbocycles. The van der Waals surface area contributed by atoms with Crippen molar-refractivity contribution in [1.82, 2.24) is 0 Å². The van der Waals surface area contributed by atoms with Crippen molar-refractivity contribution in [1.29, 1.82) is 0 Å². The molecule has 1 unspecified atom stereocenters. The first-order valence-corrected chi connectivity index (χ1v) is 4.41. The number of allylic oxidation sites excluding steroid dienone is 3. The van der Waals surface area contributed by atoms with Crippen LogP contribution in [0.5, 0.6) is 0 Å². The fourth-order valence-corrected chi connectivity index (χ4v) is 1.49. The third-order valence-corrected chi connectivity index (χ3v) is 2.18. The lowest BCUT2D eigenvalue weighted by Gasteiger charge is -2.14. The zero-order valence-electron chi connectivity index (χ0n) is 7.42. The first-order chi connectivity index (χ1) is 5.75. The quantitative estimate of drug-likeness (QED) is 0.680. The maximum absolute atomic E-state index is 11.0. The molecule has 0 fully saturated rings. The lowest BCUT2D eigenvalue weighted by Crippen LogP contribution is -2.24. The molecule has 1 aliphatic rings. The summed E-state index contributed by atoms with van der Waals surface area (Å²) in [4.78, 5) is 11.0. The molecule has 0 heterocycles. The lowest BCUT2D eigenvalue weighted by molar-refractivity contribution is -0.120. The lowest BCUT2D eigenvalue weighted by atomic mass is 9.91. The Morgan fingerprint density at radius 2 is 2.42 bits per heavy atom. The topological polar surface area (TPSA) is 43.1 Å². The van der Waals surface area contributed by atoms with Gasteiger partial charge in [0.1, 0.15) is 0 Å². The molecular weight excluding hydrogens is 150 g/mol. The van der Waals surface area contributed by atoms with Crippen LogP contribution in [0.15, 0.2) is 23.8 Å². The second-order valence-electron chi connectivity index (χ2n) is 3.05. The fraction of sp³-hybridized carbons (Fsp3) is 0.500. The minimum Gasteiger partial charge on any atom is -0.369 e. The van der Waals surface area contributed by atoms with E-state index in [9.17, 15) is 4.79 Å². The van der Waals surface area contributed by atoms with Gasteiger partial charge in [0.05, 0.1) is 5.92 Å². The largest absolute Gasteiger partial charge is 0.369 e. The highest BCUT2D eigenvalue weighted by Crippen LogP contribution is 2.20. The molecule has 2 N–H and O–H groups in total. The third kappa shape index (κ3) is 1.97. The third-order valence-electron chi connectivity index (χ3n) is 2.18. The molecule has 0 aromatic heterocycles. The van der Waals surface area contributed by atoms with Gasteiger partial charge in [-0.3, -0.25) is 4.79 Å². The van der Waals surface area contributed by atoms with Crippen molar-refractivity contribution in [3.05, 3.63) is 23.8 Å². The van der Waals surface area contributed by atoms with Gasteiger partial charge in [-0.15, -0.1) is 0 Å². The Hall–Kier alpha value is -1.05. The smallest absolute Gasteiger partial charge is 0.224 e. The summed E-state index contributed by atoms with van der Waals surface area (Å²) >= 11 is 0. The highest BCUT2D eigenvalue weighted by Gasteiger charge is 2.16. The maximum Gasteiger partial charge on any atom is 0.224 e. The van der Waals surface area contributed by atoms with Crippen LogP contribution in [0.1, 0.15) is 26.2 Å². The predicted molar refractivity (Wildman–Crippen MR) is 49.4 cm³/mol. The summed E-state index contributed by atoms with van der Waals surface area (Å²) in [5.41, 5.74) is 6.36. The highest BCUT2D eigenvalue weighted by molar-refractivity contribution is 5.80. The number of hydrogen-bond donors (Lipinski definition) is 1. The first-order valence-electron chi connectivity index (χ1n) is 4.41. The molecule has 66 valence electrons. The maximum atomic E-state index is 11.0. The minimum absolute atomic E-state index is 0.0819. The average Bonchev–Trinajstić information content (AvgIpc) is 2.07. The van der Waals surface area contributed by atoms with Gasteiger partial charge in [0.2, 0.25) is 5.91 Å². The molecule has 2 nitrogen and oxygen atoms in total. The van der Waals surface area contributed by atoms with Crippen LogP contribution in [0.25, 0.3) is 0 Å². The standard InChI is InChI=1S/C10H15NO/c1-2-9(10(11)12)8-6-4-3-5-7-8/h4,6-7,9H,2-3,5H2,1H3,(H2,11,12). The first kappa shape index (κ1) is 9.04. The molecule has 1 atom stereocenters. The van der Waals surface area contributed by atoms with E-state index in [0.29, 0.717) is 0 Å². The number of primary amides is 1. The van der Waals surface area contributed by atoms with Gasteiger partial charge >= 0.3 is 0 Å². The zero-order valence-corrected chi connectivity index (χ0v) is 7.42. The summed E-state index contributed by atoms with van der Waals surface area (Å²) < 4.78 is 0. The average molecular weight is 165 g/mol. The number of carbonyl (C=O) groups is 1. The van der Waals surface area contributed by atoms with Crippen LogP contribution in [0.4, 0.5) is 0 Å². The second-order valence-corrected chi connectivity index (χ2v) is 3.05. The van der Waals surface area contributed by atoms with Crippen molar-refractivity contribution >= 4 is 5.91 Å². The number of nitrogens with two attached hydrogens (primary N) is 1. The van der Waals surface area contributed by atoms with Crippen LogP contribution >= 0.6 is 0 Å². The van der Waals surface area contributed by atoms with Gasteiger partial charge in [0.25, 0.3) is 0 Å². The van der Waals surface area contributed by atoms with Crippen molar-refractivity contribution in [2.75, 3.05) is 0 Å². The number of carbonyl (C=O) groups excluding carboxylic acids is 1. The Kier molecular flexibility index (Phi) is 3.09. The summed E-state index contributed by atoms with van der Waals surface area (Å²) in [5, 5.41) is 0. The molecule has 0 saturated heterocycles. The van der Waals surface area contributed by atoms with Crippen LogP contribution in [0.3, 0.4) is 0 Å². The van der Waals surface area contributed by atoms with Gasteiger partial charge in [-0.05, 0) is 24.8 Å². The van der Waals surface area contributed by atoms with E-state index in [1.807, 2.05) is 13.0 Å². The van der Waals surface area contributed by atoms with Crippen molar-refractivity contribution in [3.63, 3.8) is 0 Å². The molecule has 0 saturated carbocycles. The van der Waals surface area contributed by atoms with Gasteiger partial charge in [-0.2, -0.15) is 0 Å². The van der Waals surface area contributed by atoms with Crippen molar-refractivity contribution in [2.24, 2.45) is 11.7 Å². The van der Waals surface area contributed by atoms with Gasteiger partial charge in [0.15, 0.2) is 0 Å². The summed E-state index contributed by atoms with van der Waals surface area (Å²) in [6.07, 6.45) is 9.14. The van der Waals surface area contributed by atoms with E-state index in [2.05, 4.69) is 12.2 Å². The Bertz CT molecular complexity index is 228. The summed E-state index contributed by atoms with van der Waals surface area (Å²) in [5.74, 6) is -0.295. The molecule has 0 radical (unpaired) electrons. The van der Waals surface area contributed by atoms with Crippen LogP contribution < -0.4 is 5.73 Å². The number of amides is 1. The van der Waals surface area contributed by atoms with E-state index in [1.54, 1.807) is 0 Å². The monoisotopic (exact) mass is 165 g/mol. The van der Waals surface area contributed by atoms with Gasteiger partial charge in [-0.25, -0.2) is 0 Å². The van der Waals surface area contributed by atoms with E-state index in [1.165, 1.54) is 0 Å². The summed E-state index contributed by atoms with van der Waals surface area (Å²) in [6, 6.07) is 0. The van der Waals surface area contributed by atoms with Crippen LogP contribution in [0.2, 0.25) is 0 Å². The molecule has 0 bridgehead atoms. The van der Waals surface area contributed by atoms with Gasteiger partial charge in [0, 0.05) is 0 Å². The number of rotatable bonds is 3. The van der Waals surface area contributed by atoms with E-state index in [0.717, 1.165) is 24.8 Å². The van der Waals surface area contributed by atoms with E-state index < -0.39 is 0 Å². The molecule has 0 aliphatic heterocycles. The SMILES string of the molecule is CCC(C(N)=O)C1=CCCC=C1. The molecule has 0 aromatic carbocycles. The van der Waals surface area contributed by atoms with Crippen LogP contribution in [-0.4, -0.2) is 5.91 Å². The molecule has 1 rings (SSSR count). The highest BCUT2D eigenvalue weighted by atomic mass is 16.1. The number of hydrogen-bond acceptors (Lipinski definition) is 1. The van der Waals surface area contributed by atoms with E-state index in [4.69, 9.17) is 5.73 Å². The van der Waals surface area contributed by atoms with E-state index >= 15 is 0 Å². The Balaban J connectivity index is 2.71. The second kappa shape index (κ2) is 4.10. The van der Waals surface area contributed by atoms with Gasteiger partial charge < -0.3 is 5.73 Å². The van der Waals surface area contributed by atoms with Crippen molar-refractivity contribution < 1.29 is 4.79 Å². The Morgan fingerprint density at radius 1 is 1.67 bits per heavy atom. The van der Waals surface area contributed by atoms with Gasteiger partial charge in [-0.1, -0.05) is 25.2 Å². The molecule has 0 spiro atoms. The predicted octanol–water partition coefficient (Wildman–Crippen LogP) is 1.77. The Morgan fingerprint density at radius 3 is 2.83 bits per heavy atom. The molecule has 12 heavy (non-hydrogen) atoms. The fourth-order valence-electron chi connectivity index (χ4n) is 1.49. The van der Waals surface area contributed by atoms with Crippen LogP contribution in [0, 0.1) is 5.92 Å². The summed E-state index contributed by atoms with van der Waals surface area (Å²) in [6.45, 7) is 1.98. The van der Waals surface area contributed by atoms with Crippen molar-refractivity contribution in [2.45, 2.75) is 26.2 Å². The molecule has 2 heteroatoms. The molecule has 0 aromatic rings. The summed E-state index contributed by atoms with van der Waals surface area (Å²) in [7, 11) is 0. The molecule has 1 amide bonds. The van der Waals surface area contributed by atoms with E-state index in [-0.39, 0.29) is 11.8 Å². The zero-order chi connectivity index (χ0) is 8.97. The normalized spacial score (nSPS) is 18.6.